The highest BCUT2D eigenvalue weighted by molar-refractivity contribution is 6.74. The Morgan fingerprint density at radius 2 is 2.15 bits per heavy atom. The van der Waals surface area contributed by atoms with Crippen molar-refractivity contribution in [3.05, 3.63) is 22.7 Å². The van der Waals surface area contributed by atoms with Crippen LogP contribution in [-0.4, -0.2) is 67.1 Å². The summed E-state index contributed by atoms with van der Waals surface area (Å²) in [5, 5.41) is 9.58. The number of ether oxygens (including phenoxy) is 1. The predicted octanol–water partition coefficient (Wildman–Crippen LogP) is 2.13. The third-order valence-corrected chi connectivity index (χ3v) is 9.62. The number of rotatable bonds is 6. The van der Waals surface area contributed by atoms with Gasteiger partial charge in [0.25, 0.3) is 0 Å². The van der Waals surface area contributed by atoms with Crippen LogP contribution in [-0.2, 0) is 9.16 Å². The molecule has 152 valence electrons. The molecule has 1 aromatic rings. The van der Waals surface area contributed by atoms with E-state index in [-0.39, 0.29) is 23.9 Å². The fourth-order valence-electron chi connectivity index (χ4n) is 2.58. The summed E-state index contributed by atoms with van der Waals surface area (Å²) in [5.74, 6) is 0.337. The maximum Gasteiger partial charge on any atom is 0.351 e. The second-order valence-corrected chi connectivity index (χ2v) is 13.4. The Bertz CT molecular complexity index is 727. The third kappa shape index (κ3) is 5.25. The number of hydrogen-bond donors (Lipinski definition) is 1. The molecule has 0 aromatic carbocycles. The van der Waals surface area contributed by atoms with E-state index in [1.807, 2.05) is 14.1 Å². The van der Waals surface area contributed by atoms with Gasteiger partial charge in [-0.3, -0.25) is 4.57 Å². The highest BCUT2D eigenvalue weighted by Crippen LogP contribution is 2.41. The van der Waals surface area contributed by atoms with Crippen LogP contribution < -0.4 is 5.69 Å². The van der Waals surface area contributed by atoms with Crippen molar-refractivity contribution in [1.82, 2.24) is 14.5 Å². The van der Waals surface area contributed by atoms with Crippen LogP contribution in [0.1, 0.15) is 33.4 Å². The summed E-state index contributed by atoms with van der Waals surface area (Å²) in [7, 11) is 1.62. The van der Waals surface area contributed by atoms with E-state index in [0.29, 0.717) is 12.2 Å². The van der Waals surface area contributed by atoms with Gasteiger partial charge in [-0.25, -0.2) is 9.79 Å². The normalized spacial score (nSPS) is 23.9. The predicted molar refractivity (Wildman–Crippen MR) is 108 cm³/mol. The van der Waals surface area contributed by atoms with Crippen molar-refractivity contribution >= 4 is 20.5 Å². The van der Waals surface area contributed by atoms with Crippen LogP contribution in [0.4, 0.5) is 5.82 Å². The quantitative estimate of drug-likeness (QED) is 0.450. The maximum atomic E-state index is 12.6. The minimum atomic E-state index is -2.07. The van der Waals surface area contributed by atoms with Crippen molar-refractivity contribution in [1.29, 1.82) is 0 Å². The molecule has 1 aliphatic heterocycles. The third-order valence-electron chi connectivity index (χ3n) is 5.11. The minimum Gasteiger partial charge on any atom is -0.409 e. The van der Waals surface area contributed by atoms with Gasteiger partial charge in [0, 0.05) is 26.7 Å². The maximum absolute atomic E-state index is 12.6. The van der Waals surface area contributed by atoms with E-state index in [4.69, 9.17) is 9.16 Å². The van der Waals surface area contributed by atoms with Crippen LogP contribution in [0.25, 0.3) is 0 Å². The number of aliphatic hydroxyl groups excluding tert-OH is 1. The molecule has 1 aromatic heterocycles. The van der Waals surface area contributed by atoms with E-state index in [2.05, 4.69) is 43.8 Å². The van der Waals surface area contributed by atoms with Gasteiger partial charge in [-0.05, 0) is 24.2 Å². The summed E-state index contributed by atoms with van der Waals surface area (Å²) in [6.45, 7) is 10.7. The number of nitrogens with zero attached hydrogens (tertiary/aromatic N) is 4. The zero-order valence-electron chi connectivity index (χ0n) is 17.3. The molecule has 1 saturated heterocycles. The van der Waals surface area contributed by atoms with E-state index >= 15 is 0 Å². The second kappa shape index (κ2) is 8.22. The zero-order valence-corrected chi connectivity index (χ0v) is 18.3. The Hall–Kier alpha value is -1.55. The van der Waals surface area contributed by atoms with Gasteiger partial charge in [0.1, 0.15) is 0 Å². The topological polar surface area (TPSA) is 89.2 Å². The summed E-state index contributed by atoms with van der Waals surface area (Å²) in [4.78, 5) is 22.5. The molecule has 27 heavy (non-hydrogen) atoms. The largest absolute Gasteiger partial charge is 0.409 e. The minimum absolute atomic E-state index is 0.0306. The molecule has 0 saturated carbocycles. The van der Waals surface area contributed by atoms with Crippen LogP contribution in [0.3, 0.4) is 0 Å². The molecule has 0 bridgehead atoms. The molecule has 9 heteroatoms. The van der Waals surface area contributed by atoms with Gasteiger partial charge in [-0.15, -0.1) is 0 Å². The molecule has 0 amide bonds. The number of aliphatic imine (C=N–C) groups is 1. The van der Waals surface area contributed by atoms with Crippen LogP contribution >= 0.6 is 0 Å². The Morgan fingerprint density at radius 3 is 2.67 bits per heavy atom. The first-order valence-corrected chi connectivity index (χ1v) is 12.1. The lowest BCUT2D eigenvalue weighted by Gasteiger charge is -2.39. The fraction of sp³-hybridized carbons (Fsp3) is 0.722. The van der Waals surface area contributed by atoms with E-state index < -0.39 is 20.2 Å². The van der Waals surface area contributed by atoms with E-state index in [1.165, 1.54) is 4.57 Å². The van der Waals surface area contributed by atoms with Crippen molar-refractivity contribution in [2.45, 2.75) is 63.8 Å². The molecule has 3 atom stereocenters. The standard InChI is InChI=1S/C18H32N4O4Si/c1-18(2,3)27(6,7)26-14-10-13(11-23)25-16(14)22-9-8-15(20-17(22)24)19-12-21(4)5/h8-9,12-14,16,23H,10-11H2,1-7H3/t13-,14-,16+/m0/s1. The van der Waals surface area contributed by atoms with E-state index in [0.717, 1.165) is 0 Å². The van der Waals surface area contributed by atoms with E-state index in [9.17, 15) is 9.90 Å². The van der Waals surface area contributed by atoms with Gasteiger partial charge in [0.05, 0.1) is 25.2 Å². The van der Waals surface area contributed by atoms with Crippen molar-refractivity contribution in [2.75, 3.05) is 20.7 Å². The van der Waals surface area contributed by atoms with E-state index in [1.54, 1.807) is 23.5 Å². The summed E-state index contributed by atoms with van der Waals surface area (Å²) in [6.07, 6.45) is 2.48. The first-order chi connectivity index (χ1) is 12.4. The van der Waals surface area contributed by atoms with Crippen LogP contribution in [0, 0.1) is 0 Å². The summed E-state index contributed by atoms with van der Waals surface area (Å²) >= 11 is 0. The Labute approximate surface area is 162 Å². The van der Waals surface area contributed by atoms with Gasteiger partial charge in [-0.1, -0.05) is 20.8 Å². The number of hydrogen-bond acceptors (Lipinski definition) is 6. The fourth-order valence-corrected chi connectivity index (χ4v) is 3.91. The van der Waals surface area contributed by atoms with Gasteiger partial charge >= 0.3 is 5.69 Å². The van der Waals surface area contributed by atoms with Crippen molar-refractivity contribution < 1.29 is 14.3 Å². The smallest absolute Gasteiger partial charge is 0.351 e. The van der Waals surface area contributed by atoms with Crippen molar-refractivity contribution in [3.8, 4) is 0 Å². The summed E-state index contributed by atoms with van der Waals surface area (Å²) < 4.78 is 13.8. The molecule has 0 spiro atoms. The number of aliphatic hydroxyl groups is 1. The Morgan fingerprint density at radius 1 is 1.48 bits per heavy atom. The lowest BCUT2D eigenvalue weighted by Crippen LogP contribution is -2.46. The molecule has 0 unspecified atom stereocenters. The first-order valence-electron chi connectivity index (χ1n) is 9.18. The summed E-state index contributed by atoms with van der Waals surface area (Å²) in [6, 6.07) is 1.67. The Kier molecular flexibility index (Phi) is 6.62. The average Bonchev–Trinajstić information content (AvgIpc) is 2.94. The molecule has 8 nitrogen and oxygen atoms in total. The van der Waals surface area contributed by atoms with Gasteiger partial charge in [0.15, 0.2) is 20.4 Å². The highest BCUT2D eigenvalue weighted by Gasteiger charge is 2.45. The van der Waals surface area contributed by atoms with Crippen molar-refractivity contribution in [3.63, 3.8) is 0 Å². The molecule has 2 rings (SSSR count). The van der Waals surface area contributed by atoms with Crippen LogP contribution in [0.2, 0.25) is 18.1 Å². The molecule has 0 radical (unpaired) electrons. The van der Waals surface area contributed by atoms with Crippen LogP contribution in [0.15, 0.2) is 22.1 Å². The first kappa shape index (κ1) is 21.7. The van der Waals surface area contributed by atoms with Gasteiger partial charge < -0.3 is 19.2 Å². The van der Waals surface area contributed by atoms with Crippen molar-refractivity contribution in [2.24, 2.45) is 4.99 Å². The number of aromatic nitrogens is 2. The highest BCUT2D eigenvalue weighted by atomic mass is 28.4. The van der Waals surface area contributed by atoms with Gasteiger partial charge in [-0.2, -0.15) is 4.98 Å². The molecule has 1 aliphatic rings. The lowest BCUT2D eigenvalue weighted by atomic mass is 10.2. The lowest BCUT2D eigenvalue weighted by molar-refractivity contribution is -0.0502. The average molecular weight is 397 g/mol. The summed E-state index contributed by atoms with van der Waals surface area (Å²) in [5.41, 5.74) is -0.448. The molecular formula is C18H32N4O4Si. The monoisotopic (exact) mass is 396 g/mol. The molecule has 1 fully saturated rings. The molecular weight excluding hydrogens is 364 g/mol. The SMILES string of the molecule is CN(C)C=Nc1ccn([C@@H]2O[C@H](CO)C[C@@H]2O[Si](C)(C)C(C)(C)C)c(=O)n1. The Balaban J connectivity index is 2.29. The second-order valence-electron chi connectivity index (χ2n) is 8.67. The molecule has 0 aliphatic carbocycles. The molecule has 2 heterocycles. The van der Waals surface area contributed by atoms with Gasteiger partial charge in [0.2, 0.25) is 0 Å². The molecule has 1 N–H and O–H groups in total. The zero-order chi connectivity index (χ0) is 20.4. The van der Waals surface area contributed by atoms with Crippen LogP contribution in [0.5, 0.6) is 0 Å².